The Kier molecular flexibility index (Phi) is 4.63. The molecule has 2 atom stereocenters. The van der Waals surface area contributed by atoms with Crippen molar-refractivity contribution in [3.05, 3.63) is 78.7 Å². The Hall–Kier alpha value is -3.80. The van der Waals surface area contributed by atoms with Gasteiger partial charge in [0.05, 0.1) is 35.7 Å². The number of furan rings is 2. The van der Waals surface area contributed by atoms with Crippen LogP contribution >= 0.6 is 0 Å². The number of aliphatic hydroxyl groups is 1. The number of rotatable bonds is 11. The molecule has 4 rings (SSSR count). The van der Waals surface area contributed by atoms with E-state index in [-0.39, 0.29) is 9.99 Å². The van der Waals surface area contributed by atoms with E-state index in [4.69, 9.17) is 31.0 Å². The minimum atomic E-state index is -5.40. The Morgan fingerprint density at radius 1 is 1.18 bits per heavy atom. The SMILES string of the molecule is [2H]c1oc2oc([2H])c(N(C(=O)O)[C@@H](Cc3ccccc3)[C@H](O)CN(C([2H])([2H])C([2H])(C([2H])([2H])[2H])C([2H])([2H])[2H])S(=O)(=O)c3ccc(N)cc3)c2c1[2H]. The van der Waals surface area contributed by atoms with Crippen LogP contribution < -0.4 is 10.6 Å². The number of nitrogens with two attached hydrogens (primary N) is 1. The molecule has 0 aliphatic carbocycles. The maximum Gasteiger partial charge on any atom is 0.412 e. The maximum atomic E-state index is 14.2. The zero-order valence-corrected chi connectivity index (χ0v) is 20.4. The number of hydrogen-bond acceptors (Lipinski definition) is 7. The number of nitrogen functional groups attached to an aromatic ring is 1. The molecule has 202 valence electrons. The molecule has 38 heavy (non-hydrogen) atoms. The molecular weight excluding hydrogens is 510 g/mol. The normalized spacial score (nSPS) is 19.6. The largest absolute Gasteiger partial charge is 0.465 e. The summed E-state index contributed by atoms with van der Waals surface area (Å²) in [6.07, 6.45) is -6.45. The van der Waals surface area contributed by atoms with Crippen molar-refractivity contribution in [2.24, 2.45) is 5.89 Å². The summed E-state index contributed by atoms with van der Waals surface area (Å²) in [6.45, 7) is -13.8. The zero-order chi connectivity index (χ0) is 37.8. The first kappa shape index (κ1) is 15.6. The van der Waals surface area contributed by atoms with Gasteiger partial charge in [0.1, 0.15) is 8.98 Å². The molecule has 0 aliphatic rings. The summed E-state index contributed by atoms with van der Waals surface area (Å²) in [5, 5.41) is 21.9. The fourth-order valence-corrected chi connectivity index (χ4v) is 5.11. The smallest absolute Gasteiger partial charge is 0.412 e. The van der Waals surface area contributed by atoms with E-state index in [0.29, 0.717) is 10.5 Å². The van der Waals surface area contributed by atoms with Gasteiger partial charge in [-0.05, 0) is 48.2 Å². The molecule has 0 saturated heterocycles. The lowest BCUT2D eigenvalue weighted by Crippen LogP contribution is -2.53. The number of benzene rings is 2. The topological polar surface area (TPSA) is 150 Å². The summed E-state index contributed by atoms with van der Waals surface area (Å²) in [4.78, 5) is 12.5. The fraction of sp³-hybridized carbons (Fsp3) is 0.296. The van der Waals surface area contributed by atoms with Crippen molar-refractivity contribution in [3.63, 3.8) is 0 Å². The van der Waals surface area contributed by atoms with Gasteiger partial charge < -0.3 is 24.8 Å². The molecule has 0 radical (unpaired) electrons. The van der Waals surface area contributed by atoms with Crippen LogP contribution in [0.1, 0.15) is 35.7 Å². The van der Waals surface area contributed by atoms with Gasteiger partial charge in [0, 0.05) is 31.1 Å². The van der Waals surface area contributed by atoms with Crippen LogP contribution in [0.5, 0.6) is 0 Å². The Bertz CT molecular complexity index is 1950. The van der Waals surface area contributed by atoms with Gasteiger partial charge in [-0.25, -0.2) is 13.2 Å². The summed E-state index contributed by atoms with van der Waals surface area (Å²) in [7, 11) is -5.40. The van der Waals surface area contributed by atoms with Gasteiger partial charge in [-0.2, -0.15) is 4.31 Å². The molecule has 1 amide bonds. The molecule has 0 spiro atoms. The highest BCUT2D eigenvalue weighted by Crippen LogP contribution is 2.33. The van der Waals surface area contributed by atoms with Crippen molar-refractivity contribution in [2.75, 3.05) is 23.7 Å². The standard InChI is InChI=1S/C27H31N3O7S/c1-18(2)15-29(38(34,35)21-10-8-20(28)9-11-21)16-25(31)23(14-19-6-4-3-5-7-19)30(27(32)33)24-17-37-26-22(24)12-13-36-26/h3-13,17-18,23,25,31H,14-16,28H2,1-2H3,(H,32,33)/t23-,25+/m0/s1/i1D3,2D3,12D,13D,15D2,17D,18D. The number of nitrogens with zero attached hydrogens (tertiary/aromatic N) is 2. The van der Waals surface area contributed by atoms with Crippen molar-refractivity contribution < 1.29 is 48.7 Å². The number of anilines is 2. The lowest BCUT2D eigenvalue weighted by Gasteiger charge is -2.35. The third-order valence-corrected chi connectivity index (χ3v) is 7.26. The molecule has 4 aromatic rings. The third kappa shape index (κ3) is 5.85. The van der Waals surface area contributed by atoms with Crippen molar-refractivity contribution in [1.29, 1.82) is 0 Å². The average molecular weight is 554 g/mol. The molecular formula is C27H31N3O7S. The number of carbonyl (C=O) groups is 1. The Morgan fingerprint density at radius 2 is 1.89 bits per heavy atom. The van der Waals surface area contributed by atoms with Crippen LogP contribution in [0.3, 0.4) is 0 Å². The van der Waals surface area contributed by atoms with E-state index in [1.54, 1.807) is 6.07 Å². The molecule has 0 aliphatic heterocycles. The van der Waals surface area contributed by atoms with Crippen LogP contribution in [0.15, 0.2) is 86.8 Å². The minimum Gasteiger partial charge on any atom is -0.465 e. The second-order valence-corrected chi connectivity index (χ2v) is 9.98. The number of carboxylic acid groups (broad SMARTS) is 1. The molecule has 0 unspecified atom stereocenters. The number of amides is 1. The number of sulfonamides is 1. The minimum absolute atomic E-state index is 0.0554. The molecule has 10 nitrogen and oxygen atoms in total. The van der Waals surface area contributed by atoms with Gasteiger partial charge in [-0.1, -0.05) is 44.0 Å². The Morgan fingerprint density at radius 3 is 2.55 bits per heavy atom. The summed E-state index contributed by atoms with van der Waals surface area (Å²) >= 11 is 0. The van der Waals surface area contributed by atoms with Gasteiger partial charge in [0.25, 0.3) is 5.78 Å². The van der Waals surface area contributed by atoms with E-state index < -0.39 is 108 Å². The molecule has 0 fully saturated rings. The average Bonchev–Trinajstić information content (AvgIpc) is 3.46. The van der Waals surface area contributed by atoms with Gasteiger partial charge in [-0.3, -0.25) is 4.90 Å². The second kappa shape index (κ2) is 11.3. The molecule has 0 bridgehead atoms. The number of aliphatic hydroxyl groups excluding tert-OH is 1. The molecule has 0 saturated carbocycles. The summed E-state index contributed by atoms with van der Waals surface area (Å²) in [6, 6.07) is 9.01. The van der Waals surface area contributed by atoms with Crippen LogP contribution in [0.2, 0.25) is 0 Å². The van der Waals surface area contributed by atoms with E-state index in [2.05, 4.69) is 0 Å². The van der Waals surface area contributed by atoms with E-state index in [1.165, 1.54) is 24.3 Å². The molecule has 2 aromatic carbocycles. The first-order chi connectivity index (χ1) is 22.9. The molecule has 2 heterocycles. The van der Waals surface area contributed by atoms with Crippen LogP contribution in [-0.2, 0) is 16.4 Å². The van der Waals surface area contributed by atoms with Crippen molar-refractivity contribution >= 4 is 38.7 Å². The summed E-state index contributed by atoms with van der Waals surface area (Å²) in [5.74, 6) is -4.78. The van der Waals surface area contributed by atoms with Gasteiger partial charge in [0.2, 0.25) is 10.0 Å². The monoisotopic (exact) mass is 553 g/mol. The first-order valence-electron chi connectivity index (χ1n) is 17.0. The van der Waals surface area contributed by atoms with Crippen molar-refractivity contribution in [1.82, 2.24) is 4.31 Å². The maximum absolute atomic E-state index is 14.2. The van der Waals surface area contributed by atoms with Crippen LogP contribution in [0.25, 0.3) is 11.2 Å². The lowest BCUT2D eigenvalue weighted by atomic mass is 9.99. The van der Waals surface area contributed by atoms with Gasteiger partial charge in [-0.15, -0.1) is 0 Å². The molecule has 2 aromatic heterocycles. The first-order valence-corrected chi connectivity index (χ1v) is 12.4. The fourth-order valence-electron chi connectivity index (χ4n) is 3.81. The van der Waals surface area contributed by atoms with Crippen LogP contribution in [-0.4, -0.2) is 54.2 Å². The van der Waals surface area contributed by atoms with Gasteiger partial charge in [0.15, 0.2) is 0 Å². The van der Waals surface area contributed by atoms with Crippen LogP contribution in [0, 0.1) is 5.89 Å². The van der Waals surface area contributed by atoms with E-state index in [1.807, 2.05) is 0 Å². The molecule has 11 heteroatoms. The summed E-state index contributed by atoms with van der Waals surface area (Å²) < 4.78 is 136. The van der Waals surface area contributed by atoms with E-state index >= 15 is 0 Å². The Balaban J connectivity index is 1.99. The summed E-state index contributed by atoms with van der Waals surface area (Å²) in [5.41, 5.74) is 5.33. The number of hydrogen-bond donors (Lipinski definition) is 3. The third-order valence-electron chi connectivity index (χ3n) is 5.57. The Labute approximate surface area is 237 Å². The number of fused-ring (bicyclic) bond motifs is 1. The highest BCUT2D eigenvalue weighted by Gasteiger charge is 2.37. The quantitative estimate of drug-likeness (QED) is 0.231. The van der Waals surface area contributed by atoms with E-state index in [0.717, 1.165) is 24.3 Å². The lowest BCUT2D eigenvalue weighted by molar-refractivity contribution is 0.109. The van der Waals surface area contributed by atoms with Gasteiger partial charge >= 0.3 is 6.09 Å². The zero-order valence-electron chi connectivity index (χ0n) is 31.6. The van der Waals surface area contributed by atoms with Crippen LogP contribution in [0.4, 0.5) is 16.2 Å². The molecule has 4 N–H and O–H groups in total. The predicted octanol–water partition coefficient (Wildman–Crippen LogP) is 4.41. The van der Waals surface area contributed by atoms with E-state index in [9.17, 15) is 23.4 Å². The highest BCUT2D eigenvalue weighted by molar-refractivity contribution is 7.89. The second-order valence-electron chi connectivity index (χ2n) is 8.11. The van der Waals surface area contributed by atoms with Crippen molar-refractivity contribution in [2.45, 2.75) is 37.2 Å². The highest BCUT2D eigenvalue weighted by atomic mass is 32.2. The predicted molar refractivity (Wildman–Crippen MR) is 143 cm³/mol. The van der Waals surface area contributed by atoms with Crippen molar-refractivity contribution in [3.8, 4) is 0 Å².